The molecule has 2 saturated heterocycles. The summed E-state index contributed by atoms with van der Waals surface area (Å²) in [5.41, 5.74) is 0. The molecule has 1 aliphatic carbocycles. The molecule has 1 aromatic rings. The highest BCUT2D eigenvalue weighted by atomic mass is 19.1. The van der Waals surface area contributed by atoms with Crippen LogP contribution in [-0.4, -0.2) is 71.5 Å². The van der Waals surface area contributed by atoms with Crippen molar-refractivity contribution in [2.75, 3.05) is 32.8 Å². The summed E-state index contributed by atoms with van der Waals surface area (Å²) in [6.07, 6.45) is 5.26. The van der Waals surface area contributed by atoms with Crippen LogP contribution in [0.3, 0.4) is 0 Å². The number of urea groups is 1. The predicted molar refractivity (Wildman–Crippen MR) is 97.9 cm³/mol. The number of hydrogen-bond acceptors (Lipinski definition) is 4. The number of carbonyl (C=O) groups is 2. The molecular weight excluding hydrogens is 349 g/mol. The summed E-state index contributed by atoms with van der Waals surface area (Å²) >= 11 is 0. The Hall–Kier alpha value is -2.15. The maximum Gasteiger partial charge on any atom is 0.327 e. The molecule has 1 unspecified atom stereocenters. The van der Waals surface area contributed by atoms with E-state index >= 15 is 0 Å². The maximum absolute atomic E-state index is 12.9. The molecule has 0 N–H and O–H groups in total. The van der Waals surface area contributed by atoms with Gasteiger partial charge >= 0.3 is 6.03 Å². The van der Waals surface area contributed by atoms with Crippen LogP contribution in [0.25, 0.3) is 0 Å². The first-order valence-corrected chi connectivity index (χ1v) is 9.88. The van der Waals surface area contributed by atoms with Crippen molar-refractivity contribution < 1.29 is 18.7 Å². The van der Waals surface area contributed by atoms with Gasteiger partial charge in [0.05, 0.1) is 0 Å². The van der Waals surface area contributed by atoms with Gasteiger partial charge in [0, 0.05) is 32.2 Å². The smallest absolute Gasteiger partial charge is 0.327 e. The molecule has 7 heteroatoms. The van der Waals surface area contributed by atoms with E-state index in [4.69, 9.17) is 4.74 Å². The van der Waals surface area contributed by atoms with Gasteiger partial charge in [0.2, 0.25) is 0 Å². The first-order valence-electron chi connectivity index (χ1n) is 9.88. The number of rotatable bonds is 5. The van der Waals surface area contributed by atoms with E-state index < -0.39 is 0 Å². The van der Waals surface area contributed by atoms with Gasteiger partial charge in [-0.1, -0.05) is 19.3 Å². The first kappa shape index (κ1) is 18.2. The molecule has 2 heterocycles. The third kappa shape index (κ3) is 3.78. The van der Waals surface area contributed by atoms with Crippen LogP contribution in [0.1, 0.15) is 32.1 Å². The van der Waals surface area contributed by atoms with E-state index in [2.05, 4.69) is 4.90 Å². The number of carbonyl (C=O) groups excluding carboxylic acids is 2. The van der Waals surface area contributed by atoms with Crippen molar-refractivity contribution in [3.05, 3.63) is 30.1 Å². The topological polar surface area (TPSA) is 53.1 Å². The van der Waals surface area contributed by atoms with Crippen molar-refractivity contribution in [1.82, 2.24) is 14.7 Å². The molecule has 0 aromatic heterocycles. The zero-order valence-corrected chi connectivity index (χ0v) is 15.5. The molecule has 0 radical (unpaired) electrons. The highest BCUT2D eigenvalue weighted by molar-refractivity contribution is 6.04. The van der Waals surface area contributed by atoms with Crippen LogP contribution in [0.4, 0.5) is 9.18 Å². The fraction of sp³-hybridized carbons (Fsp3) is 0.600. The van der Waals surface area contributed by atoms with Crippen molar-refractivity contribution in [1.29, 1.82) is 0 Å². The molecule has 0 bridgehead atoms. The van der Waals surface area contributed by atoms with Crippen LogP contribution in [0, 0.1) is 5.82 Å². The minimum absolute atomic E-state index is 0.0314. The number of ether oxygens (including phenoxy) is 1. The molecule has 1 saturated carbocycles. The van der Waals surface area contributed by atoms with E-state index in [0.29, 0.717) is 32.0 Å². The molecule has 3 amide bonds. The van der Waals surface area contributed by atoms with Gasteiger partial charge in [-0.15, -0.1) is 0 Å². The maximum atomic E-state index is 12.9. The fourth-order valence-electron chi connectivity index (χ4n) is 4.37. The van der Waals surface area contributed by atoms with Gasteiger partial charge in [-0.3, -0.25) is 14.6 Å². The van der Waals surface area contributed by atoms with Gasteiger partial charge in [-0.25, -0.2) is 9.18 Å². The lowest BCUT2D eigenvalue weighted by Crippen LogP contribution is -2.53. The number of hydrogen-bond donors (Lipinski definition) is 0. The van der Waals surface area contributed by atoms with Crippen LogP contribution in [-0.2, 0) is 4.79 Å². The van der Waals surface area contributed by atoms with Crippen LogP contribution < -0.4 is 4.74 Å². The monoisotopic (exact) mass is 375 g/mol. The van der Waals surface area contributed by atoms with Gasteiger partial charge in [-0.2, -0.15) is 0 Å². The van der Waals surface area contributed by atoms with E-state index in [9.17, 15) is 14.0 Å². The number of imide groups is 1. The summed E-state index contributed by atoms with van der Waals surface area (Å²) in [6, 6.07) is 5.58. The molecular formula is C20H26FN3O3. The molecule has 3 fully saturated rings. The van der Waals surface area contributed by atoms with E-state index in [1.165, 1.54) is 18.6 Å². The van der Waals surface area contributed by atoms with Crippen molar-refractivity contribution in [3.63, 3.8) is 0 Å². The van der Waals surface area contributed by atoms with Crippen LogP contribution in [0.15, 0.2) is 24.3 Å². The summed E-state index contributed by atoms with van der Waals surface area (Å²) < 4.78 is 18.6. The third-order valence-electron chi connectivity index (χ3n) is 5.87. The summed E-state index contributed by atoms with van der Waals surface area (Å²) in [6.45, 7) is 3.01. The Morgan fingerprint density at radius 2 is 1.78 bits per heavy atom. The van der Waals surface area contributed by atoms with Crippen molar-refractivity contribution in [2.45, 2.75) is 44.2 Å². The van der Waals surface area contributed by atoms with Crippen molar-refractivity contribution >= 4 is 11.9 Å². The molecule has 3 aliphatic rings. The Morgan fingerprint density at radius 1 is 1.04 bits per heavy atom. The highest BCUT2D eigenvalue weighted by Crippen LogP contribution is 2.30. The van der Waals surface area contributed by atoms with Gasteiger partial charge in [0.15, 0.2) is 0 Å². The molecule has 1 atom stereocenters. The van der Waals surface area contributed by atoms with E-state index in [1.54, 1.807) is 21.9 Å². The summed E-state index contributed by atoms with van der Waals surface area (Å²) in [5.74, 6) is 0.312. The van der Waals surface area contributed by atoms with Crippen LogP contribution in [0.2, 0.25) is 0 Å². The second kappa shape index (κ2) is 7.84. The largest absolute Gasteiger partial charge is 0.492 e. The van der Waals surface area contributed by atoms with E-state index in [0.717, 1.165) is 32.2 Å². The lowest BCUT2D eigenvalue weighted by molar-refractivity contribution is -0.131. The average Bonchev–Trinajstić information content (AvgIpc) is 2.94. The van der Waals surface area contributed by atoms with E-state index in [1.807, 2.05) is 0 Å². The Kier molecular flexibility index (Phi) is 5.29. The lowest BCUT2D eigenvalue weighted by Gasteiger charge is -2.35. The Labute approximate surface area is 158 Å². The fourth-order valence-corrected chi connectivity index (χ4v) is 4.37. The van der Waals surface area contributed by atoms with Gasteiger partial charge in [0.1, 0.15) is 24.2 Å². The molecule has 27 heavy (non-hydrogen) atoms. The Morgan fingerprint density at radius 3 is 2.52 bits per heavy atom. The second-order valence-electron chi connectivity index (χ2n) is 7.59. The normalized spacial score (nSPS) is 24.4. The first-order chi connectivity index (χ1) is 13.1. The minimum Gasteiger partial charge on any atom is -0.492 e. The molecule has 6 nitrogen and oxygen atoms in total. The number of amides is 3. The van der Waals surface area contributed by atoms with E-state index in [-0.39, 0.29) is 29.8 Å². The molecule has 4 rings (SSSR count). The summed E-state index contributed by atoms with van der Waals surface area (Å²) in [5, 5.41) is 0. The van der Waals surface area contributed by atoms with Crippen LogP contribution >= 0.6 is 0 Å². The Balaban J connectivity index is 1.31. The minimum atomic E-state index is -0.362. The highest BCUT2D eigenvalue weighted by Gasteiger charge is 2.49. The number of nitrogens with zero attached hydrogens (tertiary/aromatic N) is 3. The SMILES string of the molecule is O=C1C2CN(CCOc3ccc(F)cc3)CCN2C(=O)N1C1CCCCC1. The number of fused-ring (bicyclic) bond motifs is 1. The number of benzene rings is 1. The Bertz CT molecular complexity index is 690. The summed E-state index contributed by atoms with van der Waals surface area (Å²) in [7, 11) is 0. The zero-order valence-electron chi connectivity index (χ0n) is 15.5. The number of halogens is 1. The third-order valence-corrected chi connectivity index (χ3v) is 5.87. The second-order valence-corrected chi connectivity index (χ2v) is 7.59. The lowest BCUT2D eigenvalue weighted by atomic mass is 9.94. The molecule has 0 spiro atoms. The van der Waals surface area contributed by atoms with Crippen molar-refractivity contribution in [2.24, 2.45) is 0 Å². The number of piperazine rings is 1. The molecule has 2 aliphatic heterocycles. The van der Waals surface area contributed by atoms with Gasteiger partial charge in [-0.05, 0) is 37.1 Å². The van der Waals surface area contributed by atoms with Crippen molar-refractivity contribution in [3.8, 4) is 5.75 Å². The van der Waals surface area contributed by atoms with Crippen LogP contribution in [0.5, 0.6) is 5.75 Å². The van der Waals surface area contributed by atoms with Gasteiger partial charge < -0.3 is 9.64 Å². The average molecular weight is 375 g/mol. The summed E-state index contributed by atoms with van der Waals surface area (Å²) in [4.78, 5) is 31.1. The molecule has 1 aromatic carbocycles. The van der Waals surface area contributed by atoms with Gasteiger partial charge in [0.25, 0.3) is 5.91 Å². The predicted octanol–water partition coefficient (Wildman–Crippen LogP) is 2.49. The zero-order chi connectivity index (χ0) is 18.8. The standard InChI is InChI=1S/C20H26FN3O3/c21-15-6-8-17(9-7-15)27-13-12-22-10-11-23-18(14-22)19(25)24(20(23)26)16-4-2-1-3-5-16/h6-9,16,18H,1-5,10-14H2. The molecule has 146 valence electrons. The quantitative estimate of drug-likeness (QED) is 0.742.